The van der Waals surface area contributed by atoms with E-state index in [1.165, 1.54) is 392 Å². The maximum atomic E-state index is 11.9. The van der Waals surface area contributed by atoms with Crippen molar-refractivity contribution in [1.29, 1.82) is 0 Å². The predicted molar refractivity (Wildman–Crippen MR) is 359 cm³/mol. The summed E-state index contributed by atoms with van der Waals surface area (Å²) in [5.41, 5.74) is 0. The first-order valence-electron chi connectivity index (χ1n) is 38.2. The van der Waals surface area contributed by atoms with Crippen molar-refractivity contribution in [3.8, 4) is 0 Å². The zero-order chi connectivity index (χ0) is 57.4. The molecule has 0 aromatic heterocycles. The van der Waals surface area contributed by atoms with Crippen molar-refractivity contribution in [1.82, 2.24) is 0 Å². The van der Waals surface area contributed by atoms with E-state index in [0.29, 0.717) is 12.8 Å². The molecule has 3 nitrogen and oxygen atoms in total. The Bertz CT molecular complexity index is 1190. The highest BCUT2D eigenvalue weighted by molar-refractivity contribution is 5.70. The summed E-state index contributed by atoms with van der Waals surface area (Å²) in [4.78, 5) is 11.9. The molecule has 476 valence electrons. The van der Waals surface area contributed by atoms with Crippen molar-refractivity contribution in [3.63, 3.8) is 0 Å². The van der Waals surface area contributed by atoms with Gasteiger partial charge in [0.2, 0.25) is 0 Å². The van der Waals surface area contributed by atoms with E-state index in [-0.39, 0.29) is 0 Å². The van der Waals surface area contributed by atoms with Crippen LogP contribution in [0.5, 0.6) is 0 Å². The van der Waals surface area contributed by atoms with Gasteiger partial charge in [0.15, 0.2) is 0 Å². The summed E-state index contributed by atoms with van der Waals surface area (Å²) < 4.78 is 0. The molecule has 1 fully saturated rings. The van der Waals surface area contributed by atoms with Crippen molar-refractivity contribution in [2.24, 2.45) is 17.8 Å². The van der Waals surface area contributed by atoms with Crippen LogP contribution in [0.3, 0.4) is 0 Å². The smallest absolute Gasteiger partial charge is 0.309 e. The first kappa shape index (κ1) is 77.2. The molecular weight excluding hydrogens is 973 g/mol. The van der Waals surface area contributed by atoms with E-state index in [1.807, 2.05) is 0 Å². The molecule has 1 aliphatic rings. The van der Waals surface area contributed by atoms with E-state index >= 15 is 0 Å². The first-order valence-corrected chi connectivity index (χ1v) is 38.2. The lowest BCUT2D eigenvalue weighted by atomic mass is 9.91. The molecule has 2 N–H and O–H groups in total. The number of hydrogen-bond donors (Lipinski definition) is 2. The van der Waals surface area contributed by atoms with Gasteiger partial charge in [-0.25, -0.2) is 0 Å². The lowest BCUT2D eigenvalue weighted by Gasteiger charge is -2.19. The highest BCUT2D eigenvalue weighted by Gasteiger charge is 2.35. The number of carbonyl (C=O) groups is 1. The van der Waals surface area contributed by atoms with Gasteiger partial charge in [-0.15, -0.1) is 0 Å². The molecule has 4 atom stereocenters. The standard InChI is InChI=1S/C77H150O3/c1-3-5-7-9-11-13-15-17-19-21-23-25-26-27-28-29-30-31-32-33-36-40-44-48-52-56-60-64-68-73-72-74(73)69-65-61-57-53-49-45-41-37-35-39-43-47-51-55-59-63-67-71-76(78)75(77(79)80)70-66-62-58-54-50-46-42-38-34-24-22-20-18-16-14-12-10-8-6-4-2/h31-32,73-76,78H,3-30,33-72H2,1-2H3,(H,79,80)/b32-31-. The van der Waals surface area contributed by atoms with Gasteiger partial charge in [-0.1, -0.05) is 418 Å². The van der Waals surface area contributed by atoms with Crippen LogP contribution in [0.15, 0.2) is 12.2 Å². The molecule has 0 aromatic carbocycles. The topological polar surface area (TPSA) is 57.5 Å². The van der Waals surface area contributed by atoms with Gasteiger partial charge in [0.05, 0.1) is 12.0 Å². The fraction of sp³-hybridized carbons (Fsp3) is 0.961. The third-order valence-electron chi connectivity index (χ3n) is 19.4. The third-order valence-corrected chi connectivity index (χ3v) is 19.4. The minimum atomic E-state index is -0.798. The van der Waals surface area contributed by atoms with Crippen LogP contribution in [0, 0.1) is 17.8 Å². The molecule has 0 aliphatic heterocycles. The lowest BCUT2D eigenvalue weighted by molar-refractivity contribution is -0.146. The van der Waals surface area contributed by atoms with Crippen LogP contribution in [0.2, 0.25) is 0 Å². The van der Waals surface area contributed by atoms with E-state index in [2.05, 4.69) is 26.0 Å². The molecule has 1 saturated carbocycles. The summed E-state index contributed by atoms with van der Waals surface area (Å²) in [6, 6.07) is 0. The maximum absolute atomic E-state index is 11.9. The summed E-state index contributed by atoms with van der Waals surface area (Å²) in [7, 11) is 0. The van der Waals surface area contributed by atoms with Crippen LogP contribution in [0.1, 0.15) is 450 Å². The fourth-order valence-electron chi connectivity index (χ4n) is 13.5. The van der Waals surface area contributed by atoms with Gasteiger partial charge in [0, 0.05) is 0 Å². The van der Waals surface area contributed by atoms with Gasteiger partial charge >= 0.3 is 5.97 Å². The molecule has 0 heterocycles. The van der Waals surface area contributed by atoms with Crippen molar-refractivity contribution >= 4 is 5.97 Å². The molecule has 1 rings (SSSR count). The molecule has 0 amide bonds. The van der Waals surface area contributed by atoms with Crippen LogP contribution in [-0.2, 0) is 4.79 Å². The Morgan fingerprint density at radius 1 is 0.300 bits per heavy atom. The van der Waals surface area contributed by atoms with Crippen molar-refractivity contribution in [2.75, 3.05) is 0 Å². The quantitative estimate of drug-likeness (QED) is 0.0471. The molecule has 0 bridgehead atoms. The summed E-state index contributed by atoms with van der Waals surface area (Å²) in [6.07, 6.45) is 98.1. The Hall–Kier alpha value is -0.830. The molecule has 0 saturated heterocycles. The third kappa shape index (κ3) is 58.9. The number of allylic oxidation sites excluding steroid dienone is 2. The first-order chi connectivity index (χ1) is 39.6. The largest absolute Gasteiger partial charge is 0.481 e. The predicted octanol–water partition coefficient (Wildman–Crippen LogP) is 27.4. The van der Waals surface area contributed by atoms with E-state index in [4.69, 9.17) is 0 Å². The molecule has 3 heteroatoms. The van der Waals surface area contributed by atoms with Crippen LogP contribution in [-0.4, -0.2) is 22.3 Å². The molecule has 0 spiro atoms. The van der Waals surface area contributed by atoms with Gasteiger partial charge in [-0.2, -0.15) is 0 Å². The van der Waals surface area contributed by atoms with Crippen molar-refractivity contribution in [2.45, 2.75) is 457 Å². The molecule has 1 aliphatic carbocycles. The number of aliphatic hydroxyl groups excluding tert-OH is 1. The monoisotopic (exact) mass is 1120 g/mol. The normalized spacial score (nSPS) is 15.2. The Labute approximate surface area is 505 Å². The Kier molecular flexibility index (Phi) is 63.4. The highest BCUT2D eigenvalue weighted by atomic mass is 16.4. The van der Waals surface area contributed by atoms with Crippen molar-refractivity contribution < 1.29 is 15.0 Å². The van der Waals surface area contributed by atoms with Gasteiger partial charge in [-0.3, -0.25) is 4.79 Å². The van der Waals surface area contributed by atoms with Crippen LogP contribution in [0.4, 0.5) is 0 Å². The second-order valence-corrected chi connectivity index (χ2v) is 27.3. The zero-order valence-electron chi connectivity index (χ0n) is 55.4. The fourth-order valence-corrected chi connectivity index (χ4v) is 13.5. The number of carboxylic acid groups (broad SMARTS) is 1. The SMILES string of the molecule is CCCCCCCCCCCCCCCCCC/C=C\CCCCCCCCCCC1CC1CCCCCCCCCCCCCCCCCCCC(O)C(CCCCCCCCCCCCCCCCCCCCCC)C(=O)O. The van der Waals surface area contributed by atoms with Crippen molar-refractivity contribution in [3.05, 3.63) is 12.2 Å². The highest BCUT2D eigenvalue weighted by Crippen LogP contribution is 2.46. The molecular formula is C77H150O3. The number of unbranched alkanes of at least 4 members (excludes halogenated alkanes) is 59. The molecule has 4 unspecified atom stereocenters. The summed E-state index contributed by atoms with van der Waals surface area (Å²) in [5, 5.41) is 20.5. The van der Waals surface area contributed by atoms with E-state index in [9.17, 15) is 15.0 Å². The number of aliphatic hydroxyl groups is 1. The number of carboxylic acids is 1. The van der Waals surface area contributed by atoms with E-state index in [1.54, 1.807) is 6.42 Å². The van der Waals surface area contributed by atoms with Gasteiger partial charge in [0.1, 0.15) is 0 Å². The average molecular weight is 1120 g/mol. The second-order valence-electron chi connectivity index (χ2n) is 27.3. The number of rotatable bonds is 71. The molecule has 80 heavy (non-hydrogen) atoms. The van der Waals surface area contributed by atoms with Gasteiger partial charge in [0.25, 0.3) is 0 Å². The summed E-state index contributed by atoms with van der Waals surface area (Å²) in [6.45, 7) is 4.61. The number of aliphatic carboxylic acids is 1. The zero-order valence-corrected chi connectivity index (χ0v) is 55.4. The van der Waals surface area contributed by atoms with Crippen LogP contribution >= 0.6 is 0 Å². The van der Waals surface area contributed by atoms with Crippen LogP contribution < -0.4 is 0 Å². The number of hydrogen-bond acceptors (Lipinski definition) is 2. The van der Waals surface area contributed by atoms with Gasteiger partial charge in [-0.05, 0) is 56.8 Å². The minimum Gasteiger partial charge on any atom is -0.481 e. The minimum absolute atomic E-state index is 0.581. The second kappa shape index (κ2) is 65.7. The Morgan fingerprint density at radius 3 is 0.738 bits per heavy atom. The molecule has 0 aromatic rings. The Balaban J connectivity index is 1.73. The molecule has 0 radical (unpaired) electrons. The van der Waals surface area contributed by atoms with Gasteiger partial charge < -0.3 is 10.2 Å². The van der Waals surface area contributed by atoms with E-state index < -0.39 is 18.0 Å². The van der Waals surface area contributed by atoms with E-state index in [0.717, 1.165) is 37.5 Å². The maximum Gasteiger partial charge on any atom is 0.309 e. The summed E-state index contributed by atoms with van der Waals surface area (Å²) in [5.74, 6) is 0.809. The lowest BCUT2D eigenvalue weighted by Crippen LogP contribution is -2.28. The Morgan fingerprint density at radius 2 is 0.500 bits per heavy atom. The van der Waals surface area contributed by atoms with Crippen LogP contribution in [0.25, 0.3) is 0 Å². The average Bonchev–Trinajstić information content (AvgIpc) is 4.22. The summed E-state index contributed by atoms with van der Waals surface area (Å²) >= 11 is 0.